The molecule has 0 radical (unpaired) electrons. The van der Waals surface area contributed by atoms with E-state index in [0.29, 0.717) is 6.10 Å². The maximum atomic E-state index is 5.83. The van der Waals surface area contributed by atoms with Crippen molar-refractivity contribution in [2.24, 2.45) is 0 Å². The van der Waals surface area contributed by atoms with E-state index in [1.165, 1.54) is 0 Å². The Morgan fingerprint density at radius 1 is 1.50 bits per heavy atom. The molecule has 1 aliphatic heterocycles. The lowest BCUT2D eigenvalue weighted by atomic mass is 10.1. The minimum Gasteiger partial charge on any atom is -0.378 e. The zero-order valence-electron chi connectivity index (χ0n) is 9.85. The Morgan fingerprint density at radius 2 is 2.31 bits per heavy atom. The molecule has 1 aliphatic rings. The molecule has 1 saturated heterocycles. The Bertz CT molecular complexity index is 307. The lowest BCUT2D eigenvalue weighted by Gasteiger charge is -2.22. The molecular formula is C11H20N4O. The third-order valence-corrected chi connectivity index (χ3v) is 3.00. The summed E-state index contributed by atoms with van der Waals surface area (Å²) < 4.78 is 7.90. The molecule has 0 saturated carbocycles. The highest BCUT2D eigenvalue weighted by Crippen LogP contribution is 2.07. The van der Waals surface area contributed by atoms with Gasteiger partial charge in [0.15, 0.2) is 0 Å². The van der Waals surface area contributed by atoms with Gasteiger partial charge in [-0.05, 0) is 32.9 Å². The summed E-state index contributed by atoms with van der Waals surface area (Å²) >= 11 is 0. The minimum atomic E-state index is 0.430. The van der Waals surface area contributed by atoms with Crippen LogP contribution in [0.25, 0.3) is 0 Å². The molecule has 0 aliphatic carbocycles. The van der Waals surface area contributed by atoms with Gasteiger partial charge in [0.25, 0.3) is 0 Å². The third kappa shape index (κ3) is 3.02. The van der Waals surface area contributed by atoms with Crippen LogP contribution in [0.1, 0.15) is 25.6 Å². The average molecular weight is 224 g/mol. The Balaban J connectivity index is 1.71. The van der Waals surface area contributed by atoms with Gasteiger partial charge in [0.1, 0.15) is 12.2 Å². The molecule has 5 nitrogen and oxygen atoms in total. The molecular weight excluding hydrogens is 204 g/mol. The highest BCUT2D eigenvalue weighted by atomic mass is 16.5. The van der Waals surface area contributed by atoms with E-state index in [-0.39, 0.29) is 0 Å². The van der Waals surface area contributed by atoms with Crippen LogP contribution < -0.4 is 5.32 Å². The first kappa shape index (κ1) is 11.5. The molecule has 0 aromatic carbocycles. The van der Waals surface area contributed by atoms with Gasteiger partial charge in [0.05, 0.1) is 12.7 Å². The molecule has 0 bridgehead atoms. The Labute approximate surface area is 96.2 Å². The van der Waals surface area contributed by atoms with Crippen molar-refractivity contribution in [1.82, 2.24) is 20.1 Å². The number of ether oxygens (including phenoxy) is 1. The van der Waals surface area contributed by atoms with E-state index in [2.05, 4.69) is 27.0 Å². The lowest BCUT2D eigenvalue weighted by Crippen LogP contribution is -2.32. The number of nitrogens with zero attached hydrogens (tertiary/aromatic N) is 3. The molecule has 0 amide bonds. The predicted octanol–water partition coefficient (Wildman–Crippen LogP) is 0.609. The summed E-state index contributed by atoms with van der Waals surface area (Å²) in [6.07, 6.45) is 5.32. The van der Waals surface area contributed by atoms with E-state index in [0.717, 1.165) is 51.3 Å². The van der Waals surface area contributed by atoms with Gasteiger partial charge in [0, 0.05) is 13.0 Å². The molecule has 1 fully saturated rings. The molecule has 1 N–H and O–H groups in total. The van der Waals surface area contributed by atoms with Gasteiger partial charge in [-0.2, -0.15) is 0 Å². The molecule has 2 heterocycles. The fourth-order valence-corrected chi connectivity index (χ4v) is 2.02. The molecule has 0 spiro atoms. The maximum Gasteiger partial charge on any atom is 0.135 e. The van der Waals surface area contributed by atoms with Crippen LogP contribution in [0, 0.1) is 0 Å². The number of aryl methyl sites for hydroxylation is 1. The topological polar surface area (TPSA) is 52.0 Å². The van der Waals surface area contributed by atoms with Crippen molar-refractivity contribution in [2.45, 2.75) is 38.8 Å². The fraction of sp³-hybridized carbons (Fsp3) is 0.818. The first-order valence-electron chi connectivity index (χ1n) is 6.09. The summed E-state index contributed by atoms with van der Waals surface area (Å²) in [7, 11) is 0. The van der Waals surface area contributed by atoms with Crippen LogP contribution >= 0.6 is 0 Å². The SMILES string of the molecule is CCn1cnnc1CCOC1CCNCC1. The number of hydrogen-bond donors (Lipinski definition) is 1. The van der Waals surface area contributed by atoms with Gasteiger partial charge in [0.2, 0.25) is 0 Å². The third-order valence-electron chi connectivity index (χ3n) is 3.00. The zero-order chi connectivity index (χ0) is 11.2. The molecule has 1 aromatic heterocycles. The van der Waals surface area contributed by atoms with Crippen molar-refractivity contribution < 1.29 is 4.74 Å². The van der Waals surface area contributed by atoms with Gasteiger partial charge in [-0.25, -0.2) is 0 Å². The molecule has 16 heavy (non-hydrogen) atoms. The fourth-order valence-electron chi connectivity index (χ4n) is 2.02. The summed E-state index contributed by atoms with van der Waals surface area (Å²) in [4.78, 5) is 0. The van der Waals surface area contributed by atoms with Crippen LogP contribution in [0.5, 0.6) is 0 Å². The van der Waals surface area contributed by atoms with Crippen molar-refractivity contribution in [2.75, 3.05) is 19.7 Å². The quantitative estimate of drug-likeness (QED) is 0.796. The van der Waals surface area contributed by atoms with Crippen molar-refractivity contribution in [1.29, 1.82) is 0 Å². The second-order valence-corrected chi connectivity index (χ2v) is 4.10. The van der Waals surface area contributed by atoms with Crippen LogP contribution in [0.2, 0.25) is 0 Å². The van der Waals surface area contributed by atoms with Gasteiger partial charge < -0.3 is 14.6 Å². The summed E-state index contributed by atoms with van der Waals surface area (Å²) in [5.74, 6) is 1.02. The number of nitrogens with one attached hydrogen (secondary N) is 1. The standard InChI is InChI=1S/C11H20N4O/c1-2-15-9-13-14-11(15)5-8-16-10-3-6-12-7-4-10/h9-10,12H,2-8H2,1H3. The number of aromatic nitrogens is 3. The molecule has 5 heteroatoms. The zero-order valence-corrected chi connectivity index (χ0v) is 9.85. The highest BCUT2D eigenvalue weighted by molar-refractivity contribution is 4.85. The van der Waals surface area contributed by atoms with Gasteiger partial charge in [-0.3, -0.25) is 0 Å². The largest absolute Gasteiger partial charge is 0.378 e. The number of hydrogen-bond acceptors (Lipinski definition) is 4. The Hall–Kier alpha value is -0.940. The second-order valence-electron chi connectivity index (χ2n) is 4.10. The van der Waals surface area contributed by atoms with Gasteiger partial charge in [-0.1, -0.05) is 0 Å². The lowest BCUT2D eigenvalue weighted by molar-refractivity contribution is 0.0339. The maximum absolute atomic E-state index is 5.83. The van der Waals surface area contributed by atoms with E-state index in [1.807, 2.05) is 0 Å². The van der Waals surface area contributed by atoms with E-state index in [1.54, 1.807) is 6.33 Å². The molecule has 2 rings (SSSR count). The normalized spacial score (nSPS) is 17.8. The van der Waals surface area contributed by atoms with E-state index in [4.69, 9.17) is 4.74 Å². The van der Waals surface area contributed by atoms with Crippen LogP contribution in [0.15, 0.2) is 6.33 Å². The van der Waals surface area contributed by atoms with Crippen LogP contribution in [0.3, 0.4) is 0 Å². The van der Waals surface area contributed by atoms with Crippen molar-refractivity contribution in [3.8, 4) is 0 Å². The number of piperidine rings is 1. The summed E-state index contributed by atoms with van der Waals surface area (Å²) in [6, 6.07) is 0. The number of rotatable bonds is 5. The Kier molecular flexibility index (Phi) is 4.30. The highest BCUT2D eigenvalue weighted by Gasteiger charge is 2.13. The summed E-state index contributed by atoms with van der Waals surface area (Å²) in [5.41, 5.74) is 0. The molecule has 1 aromatic rings. The van der Waals surface area contributed by atoms with E-state index in [9.17, 15) is 0 Å². The van der Waals surface area contributed by atoms with Crippen LogP contribution in [0.4, 0.5) is 0 Å². The van der Waals surface area contributed by atoms with Crippen molar-refractivity contribution in [3.05, 3.63) is 12.2 Å². The first-order valence-corrected chi connectivity index (χ1v) is 6.09. The molecule has 0 unspecified atom stereocenters. The van der Waals surface area contributed by atoms with Crippen molar-refractivity contribution >= 4 is 0 Å². The van der Waals surface area contributed by atoms with E-state index >= 15 is 0 Å². The van der Waals surface area contributed by atoms with Crippen LogP contribution in [-0.4, -0.2) is 40.6 Å². The molecule has 90 valence electrons. The first-order chi connectivity index (χ1) is 7.90. The van der Waals surface area contributed by atoms with Crippen LogP contribution in [-0.2, 0) is 17.7 Å². The average Bonchev–Trinajstić information content (AvgIpc) is 2.78. The summed E-state index contributed by atoms with van der Waals surface area (Å²) in [6.45, 7) is 5.94. The van der Waals surface area contributed by atoms with Gasteiger partial charge in [-0.15, -0.1) is 10.2 Å². The summed E-state index contributed by atoms with van der Waals surface area (Å²) in [5, 5.41) is 11.3. The predicted molar refractivity (Wildman–Crippen MR) is 61.2 cm³/mol. The Morgan fingerprint density at radius 3 is 3.06 bits per heavy atom. The van der Waals surface area contributed by atoms with E-state index < -0.39 is 0 Å². The van der Waals surface area contributed by atoms with Gasteiger partial charge >= 0.3 is 0 Å². The monoisotopic (exact) mass is 224 g/mol. The smallest absolute Gasteiger partial charge is 0.135 e. The second kappa shape index (κ2) is 5.96. The van der Waals surface area contributed by atoms with Crippen molar-refractivity contribution in [3.63, 3.8) is 0 Å². The molecule has 0 atom stereocenters. The minimum absolute atomic E-state index is 0.430.